The lowest BCUT2D eigenvalue weighted by Gasteiger charge is -2.37. The second kappa shape index (κ2) is 28.6. The van der Waals surface area contributed by atoms with Crippen molar-refractivity contribution in [3.8, 4) is 44.8 Å². The van der Waals surface area contributed by atoms with Crippen LogP contribution >= 0.6 is 11.3 Å². The molecule has 0 aliphatic carbocycles. The van der Waals surface area contributed by atoms with E-state index in [1.54, 1.807) is 58.4 Å². The fourth-order valence-electron chi connectivity index (χ4n) is 9.71. The summed E-state index contributed by atoms with van der Waals surface area (Å²) in [6.07, 6.45) is 3.84. The van der Waals surface area contributed by atoms with Gasteiger partial charge in [-0.1, -0.05) is 57.2 Å². The van der Waals surface area contributed by atoms with Crippen molar-refractivity contribution in [2.45, 2.75) is 71.7 Å². The fraction of sp³-hybridized carbons (Fsp3) is 0.400. The first-order valence-corrected chi connectivity index (χ1v) is 28.2. The number of rotatable bonds is 24. The number of likely N-dealkylation sites (tertiary alicyclic amines) is 1. The van der Waals surface area contributed by atoms with Crippen molar-refractivity contribution in [2.24, 2.45) is 5.41 Å². The van der Waals surface area contributed by atoms with Crippen LogP contribution in [0.15, 0.2) is 96.9 Å². The van der Waals surface area contributed by atoms with Gasteiger partial charge in [-0.25, -0.2) is 19.3 Å². The number of anilines is 2. The number of nitrogens with zero attached hydrogens (tertiary/aromatic N) is 8. The molecule has 3 aromatic heterocycles. The molecule has 8 rings (SSSR count). The number of aliphatic hydroxyl groups excluding tert-OH is 1. The number of piperazine rings is 1. The van der Waals surface area contributed by atoms with Crippen molar-refractivity contribution in [1.29, 1.82) is 5.26 Å². The average Bonchev–Trinajstić information content (AvgIpc) is 4.33. The monoisotopic (exact) mass is 1150 g/mol. The summed E-state index contributed by atoms with van der Waals surface area (Å²) >= 11 is 1.56. The topological polar surface area (TPSA) is 264 Å². The molecule has 2 saturated heterocycles. The molecule has 5 amide bonds. The molecule has 0 saturated carbocycles. The number of nitriles is 1. The number of thiazole rings is 1. The summed E-state index contributed by atoms with van der Waals surface area (Å²) < 4.78 is 37.3. The van der Waals surface area contributed by atoms with Gasteiger partial charge in [0.25, 0.3) is 5.91 Å². The quantitative estimate of drug-likeness (QED) is 0.0492. The van der Waals surface area contributed by atoms with Gasteiger partial charge in [-0.15, -0.1) is 11.3 Å². The Morgan fingerprint density at radius 2 is 1.59 bits per heavy atom. The molecule has 3 aromatic carbocycles. The number of pyridine rings is 1. The maximum Gasteiger partial charge on any atom is 0.274 e. The van der Waals surface area contributed by atoms with Gasteiger partial charge in [-0.3, -0.25) is 29.0 Å². The van der Waals surface area contributed by atoms with Crippen molar-refractivity contribution >= 4 is 52.2 Å². The Morgan fingerprint density at radius 1 is 0.880 bits per heavy atom. The standard InChI is InChI=1S/C60H68FN11O10S/c1-38-54(83-37-66-38)40-11-9-39(10-12-40)34-65-58(77)49-32-43(73)36-72(49)59(78)55(60(2,3)4)69-51(74)17-25-80-27-29-82-30-28-81-26-18-52(75)71-23-21-70(22-24-71)48-31-41(44-35-63-19-15-42(44)33-62)13-14-46(48)68-57(76)47-16-20-64-56(67-47)53-45(61)7-6-8-50(53)79-5/h6-16,19-20,31,35,37,43,49,55,73H,17-18,21-30,32,34,36H2,1-5H3,(H,65,77)(H,68,76)(H,69,74)/t43-,49+,55-/m1/s1. The molecule has 5 heterocycles. The Kier molecular flexibility index (Phi) is 21.0. The van der Waals surface area contributed by atoms with Gasteiger partial charge >= 0.3 is 0 Å². The molecule has 3 atom stereocenters. The normalized spacial score (nSPS) is 15.6. The Balaban J connectivity index is 0.733. The zero-order chi connectivity index (χ0) is 59.0. The number of ether oxygens (including phenoxy) is 4. The molecule has 2 fully saturated rings. The van der Waals surface area contributed by atoms with Crippen LogP contribution < -0.4 is 25.6 Å². The van der Waals surface area contributed by atoms with Crippen molar-refractivity contribution < 1.29 is 52.4 Å². The third-order valence-electron chi connectivity index (χ3n) is 14.2. The van der Waals surface area contributed by atoms with E-state index >= 15 is 0 Å². The van der Waals surface area contributed by atoms with Crippen LogP contribution in [0.5, 0.6) is 5.75 Å². The maximum absolute atomic E-state index is 14.9. The molecule has 6 aromatic rings. The highest BCUT2D eigenvalue weighted by molar-refractivity contribution is 7.13. The second-order valence-electron chi connectivity index (χ2n) is 21.0. The maximum atomic E-state index is 14.9. The minimum atomic E-state index is -0.970. The minimum absolute atomic E-state index is 0.0107. The molecule has 2 aliphatic heterocycles. The first-order valence-electron chi connectivity index (χ1n) is 27.3. The summed E-state index contributed by atoms with van der Waals surface area (Å²) in [7, 11) is 1.40. The van der Waals surface area contributed by atoms with Crippen molar-refractivity contribution in [3.05, 3.63) is 125 Å². The predicted octanol–water partition coefficient (Wildman–Crippen LogP) is 6.20. The fourth-order valence-corrected chi connectivity index (χ4v) is 10.5. The molecular formula is C60H68FN11O10S. The van der Waals surface area contributed by atoms with Gasteiger partial charge in [0.1, 0.15) is 29.3 Å². The Morgan fingerprint density at radius 3 is 2.28 bits per heavy atom. The van der Waals surface area contributed by atoms with Gasteiger partial charge in [0.2, 0.25) is 23.6 Å². The van der Waals surface area contributed by atoms with Gasteiger partial charge in [0, 0.05) is 76.3 Å². The van der Waals surface area contributed by atoms with Gasteiger partial charge in [0.05, 0.1) is 104 Å². The van der Waals surface area contributed by atoms with Crippen LogP contribution in [0.1, 0.15) is 67.3 Å². The zero-order valence-electron chi connectivity index (χ0n) is 47.1. The van der Waals surface area contributed by atoms with Crippen molar-refractivity contribution in [2.75, 3.05) is 89.7 Å². The molecule has 0 unspecified atom stereocenters. The number of carbonyl (C=O) groups is 5. The van der Waals surface area contributed by atoms with E-state index in [9.17, 15) is 38.7 Å². The summed E-state index contributed by atoms with van der Waals surface area (Å²) in [6.45, 7) is 10.5. The molecule has 21 nitrogen and oxygen atoms in total. The molecule has 0 radical (unpaired) electrons. The third-order valence-corrected chi connectivity index (χ3v) is 15.1. The lowest BCUT2D eigenvalue weighted by atomic mass is 9.85. The Hall–Kier alpha value is -8.27. The number of aryl methyl sites for hydroxylation is 1. The van der Waals surface area contributed by atoms with Crippen LogP contribution in [0.25, 0.3) is 33.0 Å². The number of amides is 5. The van der Waals surface area contributed by atoms with Gasteiger partial charge in [-0.2, -0.15) is 5.26 Å². The van der Waals surface area contributed by atoms with Crippen molar-refractivity contribution in [3.63, 3.8) is 0 Å². The van der Waals surface area contributed by atoms with Crippen LogP contribution in [0.4, 0.5) is 15.8 Å². The first kappa shape index (κ1) is 60.8. The van der Waals surface area contributed by atoms with E-state index in [1.165, 1.54) is 36.4 Å². The summed E-state index contributed by atoms with van der Waals surface area (Å²) in [5, 5.41) is 29.2. The van der Waals surface area contributed by atoms with E-state index in [4.69, 9.17) is 18.9 Å². The first-order chi connectivity index (χ1) is 40.0. The van der Waals surface area contributed by atoms with Gasteiger partial charge in [0.15, 0.2) is 5.82 Å². The highest BCUT2D eigenvalue weighted by atomic mass is 32.1. The van der Waals surface area contributed by atoms with Crippen LogP contribution in [0, 0.1) is 29.5 Å². The highest BCUT2D eigenvalue weighted by Gasteiger charge is 2.44. The average molecular weight is 1150 g/mol. The third kappa shape index (κ3) is 15.8. The molecule has 83 heavy (non-hydrogen) atoms. The Bertz CT molecular complexity index is 3290. The number of methoxy groups -OCH3 is 1. The van der Waals surface area contributed by atoms with E-state index in [2.05, 4.69) is 46.9 Å². The lowest BCUT2D eigenvalue weighted by Crippen LogP contribution is -2.57. The van der Waals surface area contributed by atoms with E-state index in [0.717, 1.165) is 21.7 Å². The summed E-state index contributed by atoms with van der Waals surface area (Å²) in [5.74, 6) is -2.31. The number of β-amino-alcohol motifs (C(OH)–C–C–N with tert-alkyl or cyclic N) is 1. The van der Waals surface area contributed by atoms with E-state index in [-0.39, 0.29) is 107 Å². The van der Waals surface area contributed by atoms with Crippen LogP contribution in [0.3, 0.4) is 0 Å². The minimum Gasteiger partial charge on any atom is -0.496 e. The summed E-state index contributed by atoms with van der Waals surface area (Å²) in [5.41, 5.74) is 6.79. The van der Waals surface area contributed by atoms with Crippen LogP contribution in [-0.4, -0.2) is 162 Å². The molecular weight excluding hydrogens is 1090 g/mol. The number of halogens is 1. The molecule has 0 bridgehead atoms. The highest BCUT2D eigenvalue weighted by Crippen LogP contribution is 2.35. The summed E-state index contributed by atoms with van der Waals surface area (Å²) in [4.78, 5) is 91.1. The molecule has 0 spiro atoms. The van der Waals surface area contributed by atoms with Gasteiger partial charge in [-0.05, 0) is 65.4 Å². The van der Waals surface area contributed by atoms with Gasteiger partial charge < -0.3 is 54.7 Å². The molecule has 436 valence electrons. The van der Waals surface area contributed by atoms with E-state index < -0.39 is 47.1 Å². The van der Waals surface area contributed by atoms with Crippen molar-refractivity contribution in [1.82, 2.24) is 40.4 Å². The molecule has 23 heteroatoms. The number of carbonyl (C=O) groups excluding carboxylic acids is 5. The molecule has 2 aliphatic rings. The van der Waals surface area contributed by atoms with Crippen LogP contribution in [0.2, 0.25) is 0 Å². The van der Waals surface area contributed by atoms with Crippen LogP contribution in [-0.2, 0) is 39.9 Å². The number of aliphatic hydroxyl groups is 1. The number of nitrogens with one attached hydrogen (secondary N) is 3. The number of benzene rings is 3. The predicted molar refractivity (Wildman–Crippen MR) is 308 cm³/mol. The lowest BCUT2D eigenvalue weighted by molar-refractivity contribution is -0.144. The smallest absolute Gasteiger partial charge is 0.274 e. The van der Waals surface area contributed by atoms with E-state index in [0.29, 0.717) is 54.2 Å². The zero-order valence-corrected chi connectivity index (χ0v) is 47.9. The second-order valence-corrected chi connectivity index (χ2v) is 21.8. The largest absolute Gasteiger partial charge is 0.496 e. The summed E-state index contributed by atoms with van der Waals surface area (Å²) in [6, 6.07) is 20.9. The SMILES string of the molecule is COc1cccc(F)c1-c1nccc(C(=O)Nc2ccc(-c3cnccc3C#N)cc2N2CCN(C(=O)CCOCCOCCOCCC(=O)N[C@H](C(=O)N3C[C@H](O)C[C@H]3C(=O)NCc3ccc(-c4scnc4C)cc3)C(C)(C)C)CC2)n1. The molecule has 4 N–H and O–H groups in total. The number of aromatic nitrogens is 4. The van der Waals surface area contributed by atoms with E-state index in [1.807, 2.05) is 58.0 Å². The Labute approximate surface area is 485 Å². The number of hydrogen-bond donors (Lipinski definition) is 4. The number of hydrogen-bond acceptors (Lipinski definition) is 17.